The van der Waals surface area contributed by atoms with Gasteiger partial charge in [0.25, 0.3) is 5.91 Å². The Balaban J connectivity index is 1.26. The van der Waals surface area contributed by atoms with Crippen LogP contribution in [-0.4, -0.2) is 61.0 Å². The molecule has 164 valence electrons. The number of amides is 2. The van der Waals surface area contributed by atoms with E-state index in [1.807, 2.05) is 58.3 Å². The molecule has 0 radical (unpaired) electrons. The van der Waals surface area contributed by atoms with Crippen LogP contribution in [0.25, 0.3) is 0 Å². The summed E-state index contributed by atoms with van der Waals surface area (Å²) < 4.78 is 5.33. The van der Waals surface area contributed by atoms with Gasteiger partial charge in [0.15, 0.2) is 0 Å². The number of thioether (sulfide) groups is 1. The van der Waals surface area contributed by atoms with Crippen molar-refractivity contribution in [2.24, 2.45) is 5.92 Å². The fourth-order valence-electron chi connectivity index (χ4n) is 4.00. The molecule has 4 rings (SSSR count). The highest BCUT2D eigenvalue weighted by atomic mass is 35.5. The minimum Gasteiger partial charge on any atom is -0.378 e. The lowest BCUT2D eigenvalue weighted by molar-refractivity contribution is -0.141. The predicted molar refractivity (Wildman–Crippen MR) is 123 cm³/mol. The van der Waals surface area contributed by atoms with E-state index in [1.165, 1.54) is 10.5 Å². The summed E-state index contributed by atoms with van der Waals surface area (Å²) in [6.07, 6.45) is 1.47. The highest BCUT2D eigenvalue weighted by Crippen LogP contribution is 2.25. The molecule has 0 aromatic heterocycles. The van der Waals surface area contributed by atoms with Crippen LogP contribution >= 0.6 is 23.4 Å². The smallest absolute Gasteiger partial charge is 0.253 e. The summed E-state index contributed by atoms with van der Waals surface area (Å²) >= 11 is 7.67. The van der Waals surface area contributed by atoms with Gasteiger partial charge in [0.1, 0.15) is 0 Å². The van der Waals surface area contributed by atoms with Crippen molar-refractivity contribution in [1.82, 2.24) is 9.80 Å². The molecule has 2 heterocycles. The van der Waals surface area contributed by atoms with E-state index >= 15 is 0 Å². The van der Waals surface area contributed by atoms with Crippen LogP contribution in [0.5, 0.6) is 0 Å². The van der Waals surface area contributed by atoms with Gasteiger partial charge < -0.3 is 14.5 Å². The van der Waals surface area contributed by atoms with Gasteiger partial charge in [-0.3, -0.25) is 9.59 Å². The van der Waals surface area contributed by atoms with Gasteiger partial charge in [0.05, 0.1) is 13.2 Å². The molecule has 0 N–H and O–H groups in total. The molecule has 31 heavy (non-hydrogen) atoms. The lowest BCUT2D eigenvalue weighted by Gasteiger charge is -2.35. The summed E-state index contributed by atoms with van der Waals surface area (Å²) in [6.45, 7) is 3.87. The Morgan fingerprint density at radius 1 is 0.903 bits per heavy atom. The van der Waals surface area contributed by atoms with E-state index in [1.54, 1.807) is 11.8 Å². The summed E-state index contributed by atoms with van der Waals surface area (Å²) in [5, 5.41) is 0.738. The average Bonchev–Trinajstić information content (AvgIpc) is 2.84. The van der Waals surface area contributed by atoms with Crippen molar-refractivity contribution in [2.75, 3.05) is 39.4 Å². The van der Waals surface area contributed by atoms with Crippen molar-refractivity contribution in [2.45, 2.75) is 23.5 Å². The first-order chi connectivity index (χ1) is 15.1. The minimum atomic E-state index is 0.0226. The van der Waals surface area contributed by atoms with Gasteiger partial charge in [-0.1, -0.05) is 23.7 Å². The number of ether oxygens (including phenoxy) is 1. The fourth-order valence-corrected chi connectivity index (χ4v) is 4.98. The van der Waals surface area contributed by atoms with Crippen molar-refractivity contribution < 1.29 is 14.3 Å². The minimum absolute atomic E-state index is 0.0226. The number of benzene rings is 2. The molecule has 0 saturated carbocycles. The molecule has 2 aromatic rings. The first-order valence-corrected chi connectivity index (χ1v) is 12.1. The van der Waals surface area contributed by atoms with Crippen LogP contribution in [0.4, 0.5) is 0 Å². The fraction of sp³-hybridized carbons (Fsp3) is 0.417. The highest BCUT2D eigenvalue weighted by molar-refractivity contribution is 7.98. The molecule has 0 bridgehead atoms. The van der Waals surface area contributed by atoms with Crippen molar-refractivity contribution in [3.05, 3.63) is 64.7 Å². The van der Waals surface area contributed by atoms with Crippen molar-refractivity contribution in [3.8, 4) is 0 Å². The van der Waals surface area contributed by atoms with Crippen molar-refractivity contribution in [3.63, 3.8) is 0 Å². The van der Waals surface area contributed by atoms with Gasteiger partial charge in [-0.15, -0.1) is 11.8 Å². The number of piperidine rings is 1. The van der Waals surface area contributed by atoms with Crippen LogP contribution in [0, 0.1) is 5.92 Å². The van der Waals surface area contributed by atoms with Gasteiger partial charge >= 0.3 is 0 Å². The molecular weight excluding hydrogens is 432 g/mol. The number of carbonyl (C=O) groups is 2. The monoisotopic (exact) mass is 458 g/mol. The van der Waals surface area contributed by atoms with Crippen molar-refractivity contribution >= 4 is 35.2 Å². The van der Waals surface area contributed by atoms with E-state index < -0.39 is 0 Å². The number of nitrogens with zero attached hydrogens (tertiary/aromatic N) is 2. The van der Waals surface area contributed by atoms with E-state index in [4.69, 9.17) is 16.3 Å². The number of carbonyl (C=O) groups excluding carboxylic acids is 2. The number of morpholine rings is 1. The predicted octanol–water partition coefficient (Wildman–Crippen LogP) is 4.34. The van der Waals surface area contributed by atoms with Crippen LogP contribution in [0.3, 0.4) is 0 Å². The Kier molecular flexibility index (Phi) is 7.54. The van der Waals surface area contributed by atoms with Gasteiger partial charge in [-0.05, 0) is 54.8 Å². The van der Waals surface area contributed by atoms with Crippen molar-refractivity contribution in [1.29, 1.82) is 0 Å². The quantitative estimate of drug-likeness (QED) is 0.625. The second-order valence-electron chi connectivity index (χ2n) is 7.94. The number of rotatable bonds is 5. The molecule has 0 spiro atoms. The maximum Gasteiger partial charge on any atom is 0.253 e. The standard InChI is InChI=1S/C24H27ClN2O3S/c25-21-5-7-22(8-6-21)31-17-18-1-3-19(4-2-18)23(28)26-11-9-20(10-12-26)24(29)27-13-15-30-16-14-27/h1-8,20H,9-17H2. The SMILES string of the molecule is O=C(c1ccc(CSc2ccc(Cl)cc2)cc1)N1CCC(C(=O)N2CCOCC2)CC1. The molecule has 5 nitrogen and oxygen atoms in total. The molecular formula is C24H27ClN2O3S. The van der Waals surface area contributed by atoms with E-state index in [9.17, 15) is 9.59 Å². The second-order valence-corrected chi connectivity index (χ2v) is 9.43. The van der Waals surface area contributed by atoms with Crippen LogP contribution in [0.1, 0.15) is 28.8 Å². The zero-order chi connectivity index (χ0) is 21.6. The summed E-state index contributed by atoms with van der Waals surface area (Å²) in [6, 6.07) is 15.7. The van der Waals surface area contributed by atoms with Crippen LogP contribution < -0.4 is 0 Å². The third-order valence-corrected chi connectivity index (χ3v) is 7.21. The largest absolute Gasteiger partial charge is 0.378 e. The molecule has 2 fully saturated rings. The lowest BCUT2D eigenvalue weighted by Crippen LogP contribution is -2.47. The number of hydrogen-bond donors (Lipinski definition) is 0. The van der Waals surface area contributed by atoms with Gasteiger partial charge in [0, 0.05) is 53.3 Å². The third kappa shape index (κ3) is 5.82. The van der Waals surface area contributed by atoms with Gasteiger partial charge in [-0.25, -0.2) is 0 Å². The first-order valence-electron chi connectivity index (χ1n) is 10.7. The first kappa shape index (κ1) is 22.2. The molecule has 2 aliphatic rings. The molecule has 7 heteroatoms. The Bertz CT molecular complexity index is 890. The lowest BCUT2D eigenvalue weighted by atomic mass is 9.94. The molecule has 0 aliphatic carbocycles. The van der Waals surface area contributed by atoms with Gasteiger partial charge in [-0.2, -0.15) is 0 Å². The molecule has 2 saturated heterocycles. The van der Waals surface area contributed by atoms with E-state index in [2.05, 4.69) is 0 Å². The van der Waals surface area contributed by atoms with E-state index in [0.29, 0.717) is 45.0 Å². The second kappa shape index (κ2) is 10.5. The highest BCUT2D eigenvalue weighted by Gasteiger charge is 2.31. The summed E-state index contributed by atoms with van der Waals surface area (Å²) in [5.74, 6) is 1.13. The van der Waals surface area contributed by atoms with Crippen LogP contribution in [-0.2, 0) is 15.3 Å². The topological polar surface area (TPSA) is 49.9 Å². The molecule has 2 aromatic carbocycles. The zero-order valence-electron chi connectivity index (χ0n) is 17.5. The summed E-state index contributed by atoms with van der Waals surface area (Å²) in [7, 11) is 0. The Morgan fingerprint density at radius 3 is 2.19 bits per heavy atom. The normalized spacial score (nSPS) is 17.6. The Morgan fingerprint density at radius 2 is 1.55 bits per heavy atom. The van der Waals surface area contributed by atoms with E-state index in [-0.39, 0.29) is 17.7 Å². The van der Waals surface area contributed by atoms with Gasteiger partial charge in [0.2, 0.25) is 5.91 Å². The van der Waals surface area contributed by atoms with Crippen LogP contribution in [0.15, 0.2) is 53.4 Å². The molecule has 2 amide bonds. The average molecular weight is 459 g/mol. The Hall–Kier alpha value is -2.02. The maximum atomic E-state index is 12.9. The van der Waals surface area contributed by atoms with E-state index in [0.717, 1.165) is 23.6 Å². The Labute approximate surface area is 192 Å². The molecule has 0 unspecified atom stereocenters. The number of likely N-dealkylation sites (tertiary alicyclic amines) is 1. The summed E-state index contributed by atoms with van der Waals surface area (Å²) in [5.41, 5.74) is 1.88. The molecule has 0 atom stereocenters. The number of halogens is 1. The third-order valence-electron chi connectivity index (χ3n) is 5.87. The summed E-state index contributed by atoms with van der Waals surface area (Å²) in [4.78, 5) is 30.5. The zero-order valence-corrected chi connectivity index (χ0v) is 19.0. The number of hydrogen-bond acceptors (Lipinski definition) is 4. The maximum absolute atomic E-state index is 12.9. The molecule has 2 aliphatic heterocycles. The van der Waals surface area contributed by atoms with Crippen LogP contribution in [0.2, 0.25) is 5.02 Å².